The third-order valence-corrected chi connectivity index (χ3v) is 2.35. The molecule has 1 aliphatic rings. The van der Waals surface area contributed by atoms with Crippen LogP contribution in [-0.4, -0.2) is 37.1 Å². The second-order valence-electron chi connectivity index (χ2n) is 4.16. The molecule has 3 nitrogen and oxygen atoms in total. The van der Waals surface area contributed by atoms with Gasteiger partial charge in [0.05, 0.1) is 6.61 Å². The van der Waals surface area contributed by atoms with Crippen LogP contribution in [0.4, 0.5) is 0 Å². The number of rotatable bonds is 3. The van der Waals surface area contributed by atoms with Gasteiger partial charge in [0.2, 0.25) is 0 Å². The molecule has 0 radical (unpaired) electrons. The molecule has 1 fully saturated rings. The Kier molecular flexibility index (Phi) is 3.72. The first-order valence-corrected chi connectivity index (χ1v) is 4.98. The number of ether oxygens (including phenoxy) is 1. The van der Waals surface area contributed by atoms with Gasteiger partial charge in [-0.3, -0.25) is 9.69 Å². The quantitative estimate of drug-likeness (QED) is 0.620. The minimum Gasteiger partial charge on any atom is -0.464 e. The van der Waals surface area contributed by atoms with Crippen molar-refractivity contribution in [2.75, 3.05) is 20.2 Å². The van der Waals surface area contributed by atoms with E-state index in [1.54, 1.807) is 0 Å². The summed E-state index contributed by atoms with van der Waals surface area (Å²) in [5.41, 5.74) is 0. The molecule has 0 aromatic heterocycles. The second kappa shape index (κ2) is 4.61. The van der Waals surface area contributed by atoms with Gasteiger partial charge in [0.25, 0.3) is 0 Å². The van der Waals surface area contributed by atoms with Crippen molar-refractivity contribution in [3.05, 3.63) is 0 Å². The molecule has 1 unspecified atom stereocenters. The SMILES string of the molecule is CC(C)COC(=O)C1CCCN1C. The average Bonchev–Trinajstić information content (AvgIpc) is 2.47. The summed E-state index contributed by atoms with van der Waals surface area (Å²) in [6, 6.07) is 0.0127. The first-order valence-electron chi connectivity index (χ1n) is 4.98. The molecule has 0 spiro atoms. The van der Waals surface area contributed by atoms with Crippen molar-refractivity contribution in [1.29, 1.82) is 0 Å². The predicted molar refractivity (Wildman–Crippen MR) is 51.4 cm³/mol. The molecule has 1 aliphatic heterocycles. The maximum atomic E-state index is 11.5. The van der Waals surface area contributed by atoms with Crippen molar-refractivity contribution in [3.63, 3.8) is 0 Å². The first-order chi connectivity index (χ1) is 6.11. The van der Waals surface area contributed by atoms with Gasteiger partial charge >= 0.3 is 5.97 Å². The van der Waals surface area contributed by atoms with E-state index in [9.17, 15) is 4.79 Å². The van der Waals surface area contributed by atoms with Gasteiger partial charge in [-0.05, 0) is 32.4 Å². The van der Waals surface area contributed by atoms with E-state index in [4.69, 9.17) is 4.74 Å². The van der Waals surface area contributed by atoms with E-state index in [0.717, 1.165) is 19.4 Å². The van der Waals surface area contributed by atoms with E-state index in [1.165, 1.54) is 0 Å². The van der Waals surface area contributed by atoms with Gasteiger partial charge in [0.15, 0.2) is 0 Å². The molecule has 0 aliphatic carbocycles. The molecule has 0 saturated carbocycles. The summed E-state index contributed by atoms with van der Waals surface area (Å²) < 4.78 is 5.18. The molecule has 1 saturated heterocycles. The number of esters is 1. The monoisotopic (exact) mass is 185 g/mol. The van der Waals surface area contributed by atoms with E-state index >= 15 is 0 Å². The fourth-order valence-electron chi connectivity index (χ4n) is 1.55. The van der Waals surface area contributed by atoms with Crippen molar-refractivity contribution in [2.24, 2.45) is 5.92 Å². The highest BCUT2D eigenvalue weighted by atomic mass is 16.5. The van der Waals surface area contributed by atoms with Crippen LogP contribution in [0.3, 0.4) is 0 Å². The molecule has 3 heteroatoms. The maximum Gasteiger partial charge on any atom is 0.323 e. The van der Waals surface area contributed by atoms with Crippen LogP contribution in [0.25, 0.3) is 0 Å². The Balaban J connectivity index is 2.30. The van der Waals surface area contributed by atoms with E-state index in [1.807, 2.05) is 20.9 Å². The zero-order valence-corrected chi connectivity index (χ0v) is 8.75. The Morgan fingerprint density at radius 3 is 2.77 bits per heavy atom. The Morgan fingerprint density at radius 2 is 2.31 bits per heavy atom. The fraction of sp³-hybridized carbons (Fsp3) is 0.900. The van der Waals surface area contributed by atoms with Crippen molar-refractivity contribution in [1.82, 2.24) is 4.90 Å². The van der Waals surface area contributed by atoms with Gasteiger partial charge in [-0.1, -0.05) is 13.8 Å². The summed E-state index contributed by atoms with van der Waals surface area (Å²) in [5.74, 6) is 0.379. The van der Waals surface area contributed by atoms with Crippen molar-refractivity contribution in [2.45, 2.75) is 32.7 Å². The third kappa shape index (κ3) is 2.99. The number of likely N-dealkylation sites (tertiary alicyclic amines) is 1. The van der Waals surface area contributed by atoms with E-state index in [0.29, 0.717) is 12.5 Å². The minimum atomic E-state index is -0.0475. The van der Waals surface area contributed by atoms with Crippen molar-refractivity contribution in [3.8, 4) is 0 Å². The van der Waals surface area contributed by atoms with Gasteiger partial charge < -0.3 is 4.74 Å². The molecule has 1 heterocycles. The van der Waals surface area contributed by atoms with Crippen LogP contribution in [0.2, 0.25) is 0 Å². The van der Waals surface area contributed by atoms with Gasteiger partial charge in [-0.2, -0.15) is 0 Å². The number of nitrogens with zero attached hydrogens (tertiary/aromatic N) is 1. The lowest BCUT2D eigenvalue weighted by Crippen LogP contribution is -2.34. The van der Waals surface area contributed by atoms with Gasteiger partial charge in [-0.25, -0.2) is 0 Å². The first kappa shape index (κ1) is 10.5. The van der Waals surface area contributed by atoms with Crippen LogP contribution in [-0.2, 0) is 9.53 Å². The van der Waals surface area contributed by atoms with Crippen LogP contribution < -0.4 is 0 Å². The summed E-state index contributed by atoms with van der Waals surface area (Å²) in [7, 11) is 1.98. The summed E-state index contributed by atoms with van der Waals surface area (Å²) >= 11 is 0. The molecule has 0 aromatic carbocycles. The summed E-state index contributed by atoms with van der Waals surface area (Å²) in [6.07, 6.45) is 2.06. The number of hydrogen-bond donors (Lipinski definition) is 0. The van der Waals surface area contributed by atoms with E-state index in [-0.39, 0.29) is 12.0 Å². The largest absolute Gasteiger partial charge is 0.464 e. The molecule has 76 valence electrons. The van der Waals surface area contributed by atoms with E-state index in [2.05, 4.69) is 4.90 Å². The summed E-state index contributed by atoms with van der Waals surface area (Å²) in [5, 5.41) is 0. The minimum absolute atomic E-state index is 0.0127. The number of carbonyl (C=O) groups is 1. The molecule has 1 atom stereocenters. The van der Waals surface area contributed by atoms with Gasteiger partial charge in [-0.15, -0.1) is 0 Å². The number of hydrogen-bond acceptors (Lipinski definition) is 3. The van der Waals surface area contributed by atoms with Crippen LogP contribution in [0.15, 0.2) is 0 Å². The fourth-order valence-corrected chi connectivity index (χ4v) is 1.55. The Morgan fingerprint density at radius 1 is 1.62 bits per heavy atom. The predicted octanol–water partition coefficient (Wildman–Crippen LogP) is 1.28. The molecular weight excluding hydrogens is 166 g/mol. The zero-order valence-electron chi connectivity index (χ0n) is 8.75. The number of carbonyl (C=O) groups excluding carboxylic acids is 1. The van der Waals surface area contributed by atoms with Crippen molar-refractivity contribution < 1.29 is 9.53 Å². The van der Waals surface area contributed by atoms with Gasteiger partial charge in [0, 0.05) is 0 Å². The molecule has 0 bridgehead atoms. The molecular formula is C10H19NO2. The van der Waals surface area contributed by atoms with Crippen LogP contribution >= 0.6 is 0 Å². The lowest BCUT2D eigenvalue weighted by molar-refractivity contribution is -0.149. The second-order valence-corrected chi connectivity index (χ2v) is 4.16. The molecule has 1 rings (SSSR count). The smallest absolute Gasteiger partial charge is 0.323 e. The lowest BCUT2D eigenvalue weighted by atomic mass is 10.2. The van der Waals surface area contributed by atoms with Crippen LogP contribution in [0.5, 0.6) is 0 Å². The standard InChI is InChI=1S/C10H19NO2/c1-8(2)7-13-10(12)9-5-4-6-11(9)3/h8-9H,4-7H2,1-3H3. The van der Waals surface area contributed by atoms with Gasteiger partial charge in [0.1, 0.15) is 6.04 Å². The molecule has 0 amide bonds. The Labute approximate surface area is 80.1 Å². The maximum absolute atomic E-state index is 11.5. The Hall–Kier alpha value is -0.570. The highest BCUT2D eigenvalue weighted by Crippen LogP contribution is 2.16. The van der Waals surface area contributed by atoms with E-state index < -0.39 is 0 Å². The van der Waals surface area contributed by atoms with Crippen molar-refractivity contribution >= 4 is 5.97 Å². The topological polar surface area (TPSA) is 29.5 Å². The van der Waals surface area contributed by atoms with Crippen LogP contribution in [0, 0.1) is 5.92 Å². The average molecular weight is 185 g/mol. The Bertz CT molecular complexity index is 180. The summed E-state index contributed by atoms with van der Waals surface area (Å²) in [6.45, 7) is 5.65. The summed E-state index contributed by atoms with van der Waals surface area (Å²) in [4.78, 5) is 13.6. The number of likely N-dealkylation sites (N-methyl/N-ethyl adjacent to an activating group) is 1. The third-order valence-electron chi connectivity index (χ3n) is 2.35. The molecule has 13 heavy (non-hydrogen) atoms. The normalized spacial score (nSPS) is 23.8. The molecule has 0 aromatic rings. The highest BCUT2D eigenvalue weighted by molar-refractivity contribution is 5.76. The van der Waals surface area contributed by atoms with Crippen LogP contribution in [0.1, 0.15) is 26.7 Å². The lowest BCUT2D eigenvalue weighted by Gasteiger charge is -2.18. The molecule has 0 N–H and O–H groups in total. The zero-order chi connectivity index (χ0) is 9.84. The highest BCUT2D eigenvalue weighted by Gasteiger charge is 2.28.